The first-order valence-corrected chi connectivity index (χ1v) is 17.3. The highest BCUT2D eigenvalue weighted by atomic mass is 15.4. The molecule has 0 aliphatic rings. The molecule has 5 aromatic rings. The Morgan fingerprint density at radius 3 is 1.33 bits per heavy atom. The Labute approximate surface area is 288 Å². The van der Waals surface area contributed by atoms with Gasteiger partial charge in [0.1, 0.15) is 0 Å². The van der Waals surface area contributed by atoms with Gasteiger partial charge in [0.15, 0.2) is 5.84 Å². The predicted molar refractivity (Wildman–Crippen MR) is 207 cm³/mol. The van der Waals surface area contributed by atoms with Gasteiger partial charge < -0.3 is 0 Å². The lowest BCUT2D eigenvalue weighted by Crippen LogP contribution is -2.31. The van der Waals surface area contributed by atoms with E-state index in [1.54, 1.807) is 0 Å². The molecular weight excluding hydrogens is 585 g/mol. The Bertz CT molecular complexity index is 1810. The van der Waals surface area contributed by atoms with Gasteiger partial charge >= 0.3 is 0 Å². The molecule has 4 nitrogen and oxygen atoms in total. The summed E-state index contributed by atoms with van der Waals surface area (Å²) < 4.78 is 0. The molecule has 246 valence electrons. The van der Waals surface area contributed by atoms with Gasteiger partial charge in [-0.25, -0.2) is 9.98 Å². The number of anilines is 1. The lowest BCUT2D eigenvalue weighted by atomic mass is 9.92. The molecule has 0 aliphatic carbocycles. The fourth-order valence-electron chi connectivity index (χ4n) is 6.07. The van der Waals surface area contributed by atoms with Crippen LogP contribution in [-0.4, -0.2) is 11.5 Å². The van der Waals surface area contributed by atoms with E-state index in [4.69, 9.17) is 9.98 Å². The highest BCUT2D eigenvalue weighted by Crippen LogP contribution is 2.37. The van der Waals surface area contributed by atoms with Crippen molar-refractivity contribution in [2.75, 3.05) is 5.43 Å². The van der Waals surface area contributed by atoms with Crippen LogP contribution in [0.5, 0.6) is 0 Å². The van der Waals surface area contributed by atoms with Crippen LogP contribution in [0.25, 0.3) is 0 Å². The third kappa shape index (κ3) is 7.94. The maximum atomic E-state index is 5.54. The second-order valence-corrected chi connectivity index (χ2v) is 13.6. The maximum Gasteiger partial charge on any atom is 0.152 e. The average Bonchev–Trinajstić information content (AvgIpc) is 3.09. The zero-order valence-corrected chi connectivity index (χ0v) is 29.8. The predicted octanol–water partition coefficient (Wildman–Crippen LogP) is 12.0. The van der Waals surface area contributed by atoms with E-state index in [2.05, 4.69) is 182 Å². The molecule has 2 N–H and O–H groups in total. The van der Waals surface area contributed by atoms with E-state index >= 15 is 0 Å². The third-order valence-corrected chi connectivity index (χ3v) is 8.72. The van der Waals surface area contributed by atoms with Gasteiger partial charge in [0.25, 0.3) is 0 Å². The molecule has 0 saturated carbocycles. The second kappa shape index (κ2) is 15.8. The number of hydrogen-bond acceptors (Lipinski definition) is 3. The molecule has 0 amide bonds. The maximum absolute atomic E-state index is 5.54. The minimum atomic E-state index is 0.335. The van der Waals surface area contributed by atoms with Gasteiger partial charge in [0.2, 0.25) is 0 Å². The Morgan fingerprint density at radius 2 is 0.854 bits per heavy atom. The van der Waals surface area contributed by atoms with Crippen LogP contribution in [0.15, 0.2) is 131 Å². The normalized spacial score (nSPS) is 12.3. The summed E-state index contributed by atoms with van der Waals surface area (Å²) in [7, 11) is 0. The van der Waals surface area contributed by atoms with Crippen molar-refractivity contribution in [1.82, 2.24) is 5.43 Å². The molecule has 4 heteroatoms. The summed E-state index contributed by atoms with van der Waals surface area (Å²) in [6, 6.07) is 42.4. The monoisotopic (exact) mass is 634 g/mol. The van der Waals surface area contributed by atoms with Crippen LogP contribution in [-0.2, 0) is 0 Å². The molecule has 5 rings (SSSR count). The summed E-state index contributed by atoms with van der Waals surface area (Å²) in [6.07, 6.45) is 0. The van der Waals surface area contributed by atoms with Crippen molar-refractivity contribution >= 4 is 28.6 Å². The third-order valence-electron chi connectivity index (χ3n) is 8.72. The van der Waals surface area contributed by atoms with Gasteiger partial charge in [0.05, 0.1) is 22.8 Å². The van der Waals surface area contributed by atoms with Crippen LogP contribution >= 0.6 is 0 Å². The van der Waals surface area contributed by atoms with Crippen molar-refractivity contribution in [3.8, 4) is 0 Å². The number of rotatable bonds is 11. The average molecular weight is 635 g/mol. The molecule has 0 unspecified atom stereocenters. The van der Waals surface area contributed by atoms with E-state index in [9.17, 15) is 0 Å². The Hall–Kier alpha value is -4.96. The van der Waals surface area contributed by atoms with Crippen LogP contribution in [0.1, 0.15) is 118 Å². The number of hydrazine groups is 1. The summed E-state index contributed by atoms with van der Waals surface area (Å²) >= 11 is 0. The lowest BCUT2D eigenvalue weighted by molar-refractivity contribution is 0.834. The summed E-state index contributed by atoms with van der Waals surface area (Å²) in [5, 5.41) is 0. The summed E-state index contributed by atoms with van der Waals surface area (Å²) in [4.78, 5) is 10.9. The number of hydrogen-bond donors (Lipinski definition) is 2. The molecule has 0 bridgehead atoms. The van der Waals surface area contributed by atoms with Crippen molar-refractivity contribution in [2.24, 2.45) is 9.98 Å². The highest BCUT2D eigenvalue weighted by Gasteiger charge is 2.19. The summed E-state index contributed by atoms with van der Waals surface area (Å²) in [5.41, 5.74) is 19.1. The molecule has 0 radical (unpaired) electrons. The SMILES string of the molecule is CC(C)c1cccc(C(C)C)c1N=C(NNc1ccccc1C(=Nc1c(C(C)C)cccc1C(C)C)c1ccccc1)c1ccccc1. The van der Waals surface area contributed by atoms with E-state index in [1.807, 2.05) is 6.07 Å². The fourth-order valence-corrected chi connectivity index (χ4v) is 6.07. The molecule has 0 heterocycles. The fraction of sp³-hybridized carbons (Fsp3) is 0.273. The van der Waals surface area contributed by atoms with Crippen molar-refractivity contribution in [1.29, 1.82) is 0 Å². The van der Waals surface area contributed by atoms with Crippen molar-refractivity contribution in [2.45, 2.75) is 79.1 Å². The van der Waals surface area contributed by atoms with Crippen LogP contribution in [0.2, 0.25) is 0 Å². The van der Waals surface area contributed by atoms with Gasteiger partial charge in [-0.15, -0.1) is 0 Å². The van der Waals surface area contributed by atoms with Gasteiger partial charge in [-0.3, -0.25) is 10.9 Å². The highest BCUT2D eigenvalue weighted by molar-refractivity contribution is 6.17. The Kier molecular flexibility index (Phi) is 11.3. The summed E-state index contributed by atoms with van der Waals surface area (Å²) in [6.45, 7) is 17.9. The number of amidine groups is 1. The molecule has 48 heavy (non-hydrogen) atoms. The van der Waals surface area contributed by atoms with Gasteiger partial charge in [0, 0.05) is 16.7 Å². The molecule has 0 saturated heterocycles. The van der Waals surface area contributed by atoms with Crippen molar-refractivity contribution in [3.63, 3.8) is 0 Å². The van der Waals surface area contributed by atoms with E-state index in [1.165, 1.54) is 22.3 Å². The first-order valence-electron chi connectivity index (χ1n) is 17.3. The molecule has 0 aliphatic heterocycles. The van der Waals surface area contributed by atoms with Crippen LogP contribution in [0.3, 0.4) is 0 Å². The van der Waals surface area contributed by atoms with E-state index < -0.39 is 0 Å². The molecule has 0 atom stereocenters. The summed E-state index contributed by atoms with van der Waals surface area (Å²) in [5.74, 6) is 2.10. The van der Waals surface area contributed by atoms with Gasteiger partial charge in [-0.2, -0.15) is 0 Å². The number of nitrogens with one attached hydrogen (secondary N) is 2. The number of nitrogens with zero attached hydrogens (tertiary/aromatic N) is 2. The quantitative estimate of drug-likeness (QED) is 0.0863. The first-order chi connectivity index (χ1) is 23.2. The van der Waals surface area contributed by atoms with E-state index in [0.717, 1.165) is 45.3 Å². The van der Waals surface area contributed by atoms with Crippen molar-refractivity contribution in [3.05, 3.63) is 160 Å². The van der Waals surface area contributed by atoms with E-state index in [0.29, 0.717) is 23.7 Å². The molecule has 0 aromatic heterocycles. The number of benzene rings is 5. The van der Waals surface area contributed by atoms with Crippen LogP contribution in [0, 0.1) is 0 Å². The lowest BCUT2D eigenvalue weighted by Gasteiger charge is -2.21. The Morgan fingerprint density at radius 1 is 0.438 bits per heavy atom. The van der Waals surface area contributed by atoms with Crippen molar-refractivity contribution < 1.29 is 0 Å². The Balaban J connectivity index is 1.65. The second-order valence-electron chi connectivity index (χ2n) is 13.6. The zero-order valence-electron chi connectivity index (χ0n) is 29.8. The smallest absolute Gasteiger partial charge is 0.152 e. The topological polar surface area (TPSA) is 48.8 Å². The van der Waals surface area contributed by atoms with Gasteiger partial charge in [-0.1, -0.05) is 171 Å². The minimum absolute atomic E-state index is 0.335. The van der Waals surface area contributed by atoms with Crippen LogP contribution in [0.4, 0.5) is 17.1 Å². The molecule has 0 fully saturated rings. The number of aliphatic imine (C=N–C) groups is 2. The molecular formula is C44H50N4. The standard InChI is InChI=1S/C44H50N4/c1-29(2)35-24-17-25-36(30(3)4)42(35)45-41(33-19-11-9-12-20-33)39-23-15-16-28-40(39)47-48-44(34-21-13-10-14-22-34)46-43-37(31(5)6)26-18-27-38(43)32(7)8/h9-32,47H,1-8H3,(H,46,48). The molecule has 5 aromatic carbocycles. The first kappa shape index (κ1) is 34.4. The minimum Gasteiger partial charge on any atom is -0.299 e. The molecule has 0 spiro atoms. The number of para-hydroxylation sites is 3. The zero-order chi connectivity index (χ0) is 34.2. The van der Waals surface area contributed by atoms with E-state index in [-0.39, 0.29) is 0 Å². The van der Waals surface area contributed by atoms with Crippen LogP contribution < -0.4 is 10.9 Å². The van der Waals surface area contributed by atoms with Gasteiger partial charge in [-0.05, 0) is 52.0 Å². The largest absolute Gasteiger partial charge is 0.299 e.